The predicted molar refractivity (Wildman–Crippen MR) is 33.7 cm³/mol. The zero-order valence-corrected chi connectivity index (χ0v) is 5.02. The SMILES string of the molecule is O=c1occ2cnccn12. The molecule has 0 aliphatic heterocycles. The smallest absolute Gasteiger partial charge is 0.415 e. The van der Waals surface area contributed by atoms with Crippen LogP contribution in [0, 0.1) is 0 Å². The number of hydrogen-bond donors (Lipinski definition) is 0. The van der Waals surface area contributed by atoms with Gasteiger partial charge in [-0.25, -0.2) is 9.20 Å². The van der Waals surface area contributed by atoms with E-state index in [2.05, 4.69) is 9.40 Å². The maximum absolute atomic E-state index is 10.7. The van der Waals surface area contributed by atoms with Crippen LogP contribution in [0.25, 0.3) is 5.52 Å². The van der Waals surface area contributed by atoms with Gasteiger partial charge in [-0.2, -0.15) is 0 Å². The molecule has 0 saturated heterocycles. The summed E-state index contributed by atoms with van der Waals surface area (Å²) >= 11 is 0. The lowest BCUT2D eigenvalue weighted by atomic mass is 10.6. The molecule has 2 aromatic rings. The van der Waals surface area contributed by atoms with E-state index in [1.165, 1.54) is 16.9 Å². The summed E-state index contributed by atoms with van der Waals surface area (Å²) in [7, 11) is 0. The number of oxazole rings is 1. The summed E-state index contributed by atoms with van der Waals surface area (Å²) in [4.78, 5) is 14.6. The lowest BCUT2D eigenvalue weighted by molar-refractivity contribution is 0.508. The third-order valence-electron chi connectivity index (χ3n) is 1.26. The molecule has 2 rings (SSSR count). The molecular formula is C6H4N2O2. The number of nitrogens with zero attached hydrogens (tertiary/aromatic N) is 2. The van der Waals surface area contributed by atoms with Crippen molar-refractivity contribution >= 4 is 5.52 Å². The third-order valence-corrected chi connectivity index (χ3v) is 1.26. The van der Waals surface area contributed by atoms with Gasteiger partial charge in [-0.1, -0.05) is 0 Å². The summed E-state index contributed by atoms with van der Waals surface area (Å²) < 4.78 is 5.96. The molecule has 0 fully saturated rings. The van der Waals surface area contributed by atoms with Crippen molar-refractivity contribution in [3.63, 3.8) is 0 Å². The summed E-state index contributed by atoms with van der Waals surface area (Å²) in [6.07, 6.45) is 6.02. The second kappa shape index (κ2) is 1.70. The van der Waals surface area contributed by atoms with Gasteiger partial charge in [-0.15, -0.1) is 0 Å². The molecule has 4 nitrogen and oxygen atoms in total. The molecule has 2 heterocycles. The van der Waals surface area contributed by atoms with Crippen LogP contribution in [0.15, 0.2) is 34.1 Å². The minimum atomic E-state index is -0.377. The molecule has 0 aliphatic rings. The van der Waals surface area contributed by atoms with Crippen LogP contribution in [-0.4, -0.2) is 9.38 Å². The molecule has 10 heavy (non-hydrogen) atoms. The fourth-order valence-electron chi connectivity index (χ4n) is 0.794. The van der Waals surface area contributed by atoms with Crippen LogP contribution in [0.1, 0.15) is 0 Å². The van der Waals surface area contributed by atoms with E-state index in [0.717, 1.165) is 0 Å². The normalized spacial score (nSPS) is 10.4. The fraction of sp³-hybridized carbons (Fsp3) is 0. The van der Waals surface area contributed by atoms with Crippen LogP contribution in [0.2, 0.25) is 0 Å². The number of fused-ring (bicyclic) bond motifs is 1. The maximum atomic E-state index is 10.7. The van der Waals surface area contributed by atoms with Crippen molar-refractivity contribution in [3.05, 3.63) is 35.4 Å². The van der Waals surface area contributed by atoms with Gasteiger partial charge in [-0.3, -0.25) is 4.98 Å². The zero-order chi connectivity index (χ0) is 6.97. The Hall–Kier alpha value is -1.58. The van der Waals surface area contributed by atoms with Crippen molar-refractivity contribution in [1.29, 1.82) is 0 Å². The van der Waals surface area contributed by atoms with Gasteiger partial charge < -0.3 is 4.42 Å². The highest BCUT2D eigenvalue weighted by Gasteiger charge is 1.95. The topological polar surface area (TPSA) is 47.5 Å². The number of aromatic nitrogens is 2. The summed E-state index contributed by atoms with van der Waals surface area (Å²) in [6.45, 7) is 0. The molecule has 0 radical (unpaired) electrons. The number of rotatable bonds is 0. The molecule has 0 aromatic carbocycles. The average molecular weight is 136 g/mol. The van der Waals surface area contributed by atoms with Crippen LogP contribution in [0.5, 0.6) is 0 Å². The molecule has 0 unspecified atom stereocenters. The van der Waals surface area contributed by atoms with E-state index < -0.39 is 0 Å². The van der Waals surface area contributed by atoms with Gasteiger partial charge >= 0.3 is 5.76 Å². The Kier molecular flexibility index (Phi) is 0.887. The van der Waals surface area contributed by atoms with Gasteiger partial charge in [0.25, 0.3) is 0 Å². The second-order valence-corrected chi connectivity index (χ2v) is 1.87. The van der Waals surface area contributed by atoms with Crippen LogP contribution in [0.3, 0.4) is 0 Å². The monoisotopic (exact) mass is 136 g/mol. The van der Waals surface area contributed by atoms with Gasteiger partial charge in [0.2, 0.25) is 0 Å². The Labute approximate surface area is 55.7 Å². The highest BCUT2D eigenvalue weighted by atomic mass is 16.4. The van der Waals surface area contributed by atoms with Crippen molar-refractivity contribution in [1.82, 2.24) is 9.38 Å². The third kappa shape index (κ3) is 0.556. The van der Waals surface area contributed by atoms with E-state index in [9.17, 15) is 4.79 Å². The minimum Gasteiger partial charge on any atom is -0.415 e. The van der Waals surface area contributed by atoms with Crippen molar-refractivity contribution in [3.8, 4) is 0 Å². The van der Waals surface area contributed by atoms with Crippen LogP contribution >= 0.6 is 0 Å². The minimum absolute atomic E-state index is 0.377. The molecule has 4 heteroatoms. The van der Waals surface area contributed by atoms with E-state index in [-0.39, 0.29) is 5.76 Å². The zero-order valence-electron chi connectivity index (χ0n) is 5.02. The Morgan fingerprint density at radius 2 is 2.50 bits per heavy atom. The van der Waals surface area contributed by atoms with E-state index in [0.29, 0.717) is 5.52 Å². The second-order valence-electron chi connectivity index (χ2n) is 1.87. The first kappa shape index (κ1) is 5.22. The Balaban J connectivity index is 3.07. The van der Waals surface area contributed by atoms with E-state index in [4.69, 9.17) is 0 Å². The molecular weight excluding hydrogens is 132 g/mol. The highest BCUT2D eigenvalue weighted by molar-refractivity contribution is 5.39. The highest BCUT2D eigenvalue weighted by Crippen LogP contribution is 1.94. The quantitative estimate of drug-likeness (QED) is 0.522. The lowest BCUT2D eigenvalue weighted by Crippen LogP contribution is -2.04. The van der Waals surface area contributed by atoms with Crippen molar-refractivity contribution in [2.45, 2.75) is 0 Å². The fourth-order valence-corrected chi connectivity index (χ4v) is 0.794. The van der Waals surface area contributed by atoms with Gasteiger partial charge in [0.1, 0.15) is 11.8 Å². The molecule has 0 N–H and O–H groups in total. The molecule has 0 bridgehead atoms. The summed E-state index contributed by atoms with van der Waals surface area (Å²) in [5.41, 5.74) is 0.674. The van der Waals surface area contributed by atoms with Crippen LogP contribution in [-0.2, 0) is 0 Å². The van der Waals surface area contributed by atoms with Crippen molar-refractivity contribution in [2.24, 2.45) is 0 Å². The predicted octanol–water partition coefficient (Wildman–Crippen LogP) is 0.287. The molecule has 0 atom stereocenters. The van der Waals surface area contributed by atoms with Crippen molar-refractivity contribution in [2.75, 3.05) is 0 Å². The van der Waals surface area contributed by atoms with E-state index >= 15 is 0 Å². The molecule has 50 valence electrons. The summed E-state index contributed by atoms with van der Waals surface area (Å²) in [5, 5.41) is 0. The first-order valence-electron chi connectivity index (χ1n) is 2.78. The summed E-state index contributed by atoms with van der Waals surface area (Å²) in [5.74, 6) is -0.377. The Morgan fingerprint density at radius 1 is 1.60 bits per heavy atom. The van der Waals surface area contributed by atoms with Gasteiger partial charge in [-0.05, 0) is 0 Å². The first-order chi connectivity index (χ1) is 4.88. The first-order valence-corrected chi connectivity index (χ1v) is 2.78. The van der Waals surface area contributed by atoms with Crippen LogP contribution < -0.4 is 5.76 Å². The Morgan fingerprint density at radius 3 is 3.30 bits per heavy atom. The molecule has 0 saturated carbocycles. The maximum Gasteiger partial charge on any atom is 0.423 e. The molecule has 2 aromatic heterocycles. The van der Waals surface area contributed by atoms with Gasteiger partial charge in [0.05, 0.1) is 6.20 Å². The number of hydrogen-bond acceptors (Lipinski definition) is 3. The van der Waals surface area contributed by atoms with Crippen LogP contribution in [0.4, 0.5) is 0 Å². The lowest BCUT2D eigenvalue weighted by Gasteiger charge is -1.83. The Bertz CT molecular complexity index is 401. The van der Waals surface area contributed by atoms with Crippen molar-refractivity contribution < 1.29 is 4.42 Å². The molecule has 0 amide bonds. The summed E-state index contributed by atoms with van der Waals surface area (Å²) in [6, 6.07) is 0. The molecule has 0 aliphatic carbocycles. The van der Waals surface area contributed by atoms with E-state index in [1.807, 2.05) is 0 Å². The van der Waals surface area contributed by atoms with E-state index in [1.54, 1.807) is 12.4 Å². The largest absolute Gasteiger partial charge is 0.423 e. The van der Waals surface area contributed by atoms with Gasteiger partial charge in [0.15, 0.2) is 0 Å². The molecule has 0 spiro atoms. The standard InChI is InChI=1S/C6H4N2O2/c9-6-8-2-1-7-3-5(8)4-10-6/h1-4H. The van der Waals surface area contributed by atoms with Gasteiger partial charge in [0, 0.05) is 12.4 Å². The average Bonchev–Trinajstić information content (AvgIpc) is 2.34.